The largest absolute Gasteiger partial charge is 0.338 e. The van der Waals surface area contributed by atoms with Crippen molar-refractivity contribution in [3.8, 4) is 0 Å². The summed E-state index contributed by atoms with van der Waals surface area (Å²) >= 11 is 0. The van der Waals surface area contributed by atoms with Crippen LogP contribution >= 0.6 is 0 Å². The van der Waals surface area contributed by atoms with Gasteiger partial charge in [0.1, 0.15) is 0 Å². The van der Waals surface area contributed by atoms with E-state index in [9.17, 15) is 9.59 Å². The molecular weight excluding hydrogens is 244 g/mol. The van der Waals surface area contributed by atoms with Crippen molar-refractivity contribution < 1.29 is 9.59 Å². The normalized spacial score (nSPS) is 22.6. The van der Waals surface area contributed by atoms with Gasteiger partial charge in [0, 0.05) is 26.2 Å². The van der Waals surface area contributed by atoms with E-state index >= 15 is 0 Å². The lowest BCUT2D eigenvalue weighted by Gasteiger charge is -2.36. The lowest BCUT2D eigenvalue weighted by molar-refractivity contribution is -0.140. The predicted octanol–water partition coefficient (Wildman–Crippen LogP) is -0.900. The maximum absolute atomic E-state index is 12.1. The van der Waals surface area contributed by atoms with Crippen LogP contribution in [0, 0.1) is 0 Å². The molecule has 0 bridgehead atoms. The summed E-state index contributed by atoms with van der Waals surface area (Å²) in [7, 11) is 0. The Bertz CT molecular complexity index is 332. The van der Waals surface area contributed by atoms with Gasteiger partial charge in [-0.25, -0.2) is 0 Å². The van der Waals surface area contributed by atoms with Gasteiger partial charge in [-0.2, -0.15) is 0 Å². The topological polar surface area (TPSA) is 69.9 Å². The minimum Gasteiger partial charge on any atom is -0.338 e. The summed E-state index contributed by atoms with van der Waals surface area (Å²) in [6.45, 7) is 6.77. The van der Waals surface area contributed by atoms with Gasteiger partial charge in [-0.3, -0.25) is 14.5 Å². The number of carbonyl (C=O) groups is 2. The minimum atomic E-state index is -0.452. The molecular formula is C13H24N4O2. The van der Waals surface area contributed by atoms with Crippen LogP contribution in [0.25, 0.3) is 0 Å². The van der Waals surface area contributed by atoms with Gasteiger partial charge in [0.2, 0.25) is 11.8 Å². The summed E-state index contributed by atoms with van der Waals surface area (Å²) in [6, 6.07) is -0.452. The van der Waals surface area contributed by atoms with Crippen LogP contribution in [-0.4, -0.2) is 78.4 Å². The fourth-order valence-corrected chi connectivity index (χ4v) is 2.70. The molecule has 0 aromatic carbocycles. The van der Waals surface area contributed by atoms with Crippen molar-refractivity contribution in [2.24, 2.45) is 5.73 Å². The first-order valence-electron chi connectivity index (χ1n) is 7.12. The number of hydrogen-bond acceptors (Lipinski definition) is 4. The Morgan fingerprint density at radius 2 is 1.53 bits per heavy atom. The predicted molar refractivity (Wildman–Crippen MR) is 72.5 cm³/mol. The molecule has 0 saturated carbocycles. The maximum Gasteiger partial charge on any atom is 0.239 e. The van der Waals surface area contributed by atoms with Gasteiger partial charge < -0.3 is 15.5 Å². The molecule has 0 aliphatic carbocycles. The molecule has 0 aromatic rings. The molecule has 2 rings (SSSR count). The van der Waals surface area contributed by atoms with Crippen molar-refractivity contribution in [2.75, 3.05) is 45.8 Å². The second-order valence-corrected chi connectivity index (χ2v) is 5.48. The first-order valence-corrected chi connectivity index (χ1v) is 7.12. The maximum atomic E-state index is 12.1. The summed E-state index contributed by atoms with van der Waals surface area (Å²) in [5.74, 6) is 0.168. The second-order valence-electron chi connectivity index (χ2n) is 5.48. The van der Waals surface area contributed by atoms with Crippen LogP contribution in [0.2, 0.25) is 0 Å². The highest BCUT2D eigenvalue weighted by Crippen LogP contribution is 2.09. The van der Waals surface area contributed by atoms with Gasteiger partial charge in [-0.1, -0.05) is 0 Å². The van der Waals surface area contributed by atoms with Crippen LogP contribution < -0.4 is 5.73 Å². The minimum absolute atomic E-state index is 0.0216. The van der Waals surface area contributed by atoms with Crippen LogP contribution in [0.3, 0.4) is 0 Å². The van der Waals surface area contributed by atoms with E-state index in [0.717, 1.165) is 13.1 Å². The highest BCUT2D eigenvalue weighted by Gasteiger charge is 2.26. The van der Waals surface area contributed by atoms with Crippen molar-refractivity contribution >= 4 is 11.8 Å². The van der Waals surface area contributed by atoms with Gasteiger partial charge in [0.05, 0.1) is 12.6 Å². The third-order valence-corrected chi connectivity index (χ3v) is 3.89. The Kier molecular flexibility index (Phi) is 4.76. The standard InChI is InChI=1S/C13H24N4O2/c1-11(14)13(19)17-8-6-16(7-9-17)12(18)10-15-4-2-3-5-15/h11H,2-10,14H2,1H3/t11-/m1/s1. The van der Waals surface area contributed by atoms with E-state index in [1.54, 1.807) is 11.8 Å². The van der Waals surface area contributed by atoms with Crippen molar-refractivity contribution in [1.82, 2.24) is 14.7 Å². The molecule has 2 amide bonds. The number of carbonyl (C=O) groups excluding carboxylic acids is 2. The zero-order valence-corrected chi connectivity index (χ0v) is 11.7. The highest BCUT2D eigenvalue weighted by atomic mass is 16.2. The molecule has 1 atom stereocenters. The van der Waals surface area contributed by atoms with E-state index in [1.165, 1.54) is 12.8 Å². The summed E-state index contributed by atoms with van der Waals surface area (Å²) in [5, 5.41) is 0. The lowest BCUT2D eigenvalue weighted by Crippen LogP contribution is -2.55. The van der Waals surface area contributed by atoms with Gasteiger partial charge in [-0.05, 0) is 32.9 Å². The van der Waals surface area contributed by atoms with Crippen molar-refractivity contribution in [2.45, 2.75) is 25.8 Å². The Hall–Kier alpha value is -1.14. The lowest BCUT2D eigenvalue weighted by atomic mass is 10.2. The molecule has 0 radical (unpaired) electrons. The average Bonchev–Trinajstić information content (AvgIpc) is 2.90. The smallest absolute Gasteiger partial charge is 0.239 e. The number of amides is 2. The number of nitrogens with zero attached hydrogens (tertiary/aromatic N) is 3. The van der Waals surface area contributed by atoms with Crippen molar-refractivity contribution in [3.05, 3.63) is 0 Å². The molecule has 19 heavy (non-hydrogen) atoms. The van der Waals surface area contributed by atoms with Crippen LogP contribution in [0.1, 0.15) is 19.8 Å². The molecule has 108 valence electrons. The van der Waals surface area contributed by atoms with Crippen molar-refractivity contribution in [1.29, 1.82) is 0 Å². The first-order chi connectivity index (χ1) is 9.08. The third kappa shape index (κ3) is 3.67. The molecule has 6 heteroatoms. The van der Waals surface area contributed by atoms with Crippen LogP contribution in [0.15, 0.2) is 0 Å². The Labute approximate surface area is 114 Å². The summed E-state index contributed by atoms with van der Waals surface area (Å²) in [6.07, 6.45) is 2.40. The molecule has 2 aliphatic rings. The van der Waals surface area contributed by atoms with Gasteiger partial charge >= 0.3 is 0 Å². The summed E-state index contributed by atoms with van der Waals surface area (Å²) < 4.78 is 0. The summed E-state index contributed by atoms with van der Waals surface area (Å²) in [4.78, 5) is 29.7. The molecule has 2 heterocycles. The van der Waals surface area contributed by atoms with E-state index in [0.29, 0.717) is 32.7 Å². The Balaban J connectivity index is 1.76. The highest BCUT2D eigenvalue weighted by molar-refractivity contribution is 5.82. The van der Waals surface area contributed by atoms with E-state index in [-0.39, 0.29) is 11.8 Å². The molecule has 0 aromatic heterocycles. The summed E-state index contributed by atoms with van der Waals surface area (Å²) in [5.41, 5.74) is 5.59. The first kappa shape index (κ1) is 14.3. The fourth-order valence-electron chi connectivity index (χ4n) is 2.70. The van der Waals surface area contributed by atoms with Gasteiger partial charge in [0.25, 0.3) is 0 Å². The van der Waals surface area contributed by atoms with E-state index in [4.69, 9.17) is 5.73 Å². The quantitative estimate of drug-likeness (QED) is 0.720. The zero-order valence-electron chi connectivity index (χ0n) is 11.7. The second kappa shape index (κ2) is 6.34. The van der Waals surface area contributed by atoms with Crippen molar-refractivity contribution in [3.63, 3.8) is 0 Å². The number of likely N-dealkylation sites (tertiary alicyclic amines) is 1. The molecule has 0 unspecified atom stereocenters. The van der Waals surface area contributed by atoms with E-state index in [2.05, 4.69) is 4.90 Å². The molecule has 6 nitrogen and oxygen atoms in total. The number of rotatable bonds is 3. The average molecular weight is 268 g/mol. The Morgan fingerprint density at radius 1 is 1.00 bits per heavy atom. The van der Waals surface area contributed by atoms with E-state index in [1.807, 2.05) is 4.90 Å². The third-order valence-electron chi connectivity index (χ3n) is 3.89. The molecule has 2 saturated heterocycles. The monoisotopic (exact) mass is 268 g/mol. The number of piperazine rings is 1. The van der Waals surface area contributed by atoms with E-state index < -0.39 is 6.04 Å². The molecule has 2 fully saturated rings. The molecule has 2 aliphatic heterocycles. The number of nitrogens with two attached hydrogens (primary N) is 1. The molecule has 2 N–H and O–H groups in total. The van der Waals surface area contributed by atoms with Crippen LogP contribution in [-0.2, 0) is 9.59 Å². The zero-order chi connectivity index (χ0) is 13.8. The van der Waals surface area contributed by atoms with Gasteiger partial charge in [0.15, 0.2) is 0 Å². The van der Waals surface area contributed by atoms with Gasteiger partial charge in [-0.15, -0.1) is 0 Å². The number of hydrogen-bond donors (Lipinski definition) is 1. The Morgan fingerprint density at radius 3 is 2.05 bits per heavy atom. The van der Waals surface area contributed by atoms with Crippen LogP contribution in [0.5, 0.6) is 0 Å². The SMILES string of the molecule is C[C@@H](N)C(=O)N1CCN(C(=O)CN2CCCC2)CC1. The fraction of sp³-hybridized carbons (Fsp3) is 0.846. The molecule has 0 spiro atoms. The van der Waals surface area contributed by atoms with Crippen LogP contribution in [0.4, 0.5) is 0 Å².